The van der Waals surface area contributed by atoms with Crippen LogP contribution in [0.3, 0.4) is 0 Å². The highest BCUT2D eigenvalue weighted by Gasteiger charge is 2.21. The van der Waals surface area contributed by atoms with Crippen LogP contribution in [-0.4, -0.2) is 4.98 Å². The number of para-hydroxylation sites is 2. The van der Waals surface area contributed by atoms with Gasteiger partial charge in [-0.2, -0.15) is 0 Å². The van der Waals surface area contributed by atoms with E-state index in [4.69, 9.17) is 4.42 Å². The molecule has 0 spiro atoms. The van der Waals surface area contributed by atoms with Crippen LogP contribution in [0.4, 0.5) is 0 Å². The fraction of sp³-hybridized carbons (Fsp3) is 0.154. The molecule has 3 aromatic rings. The molecule has 0 unspecified atom stereocenters. The van der Waals surface area contributed by atoms with E-state index in [0.717, 1.165) is 4.43 Å². The molecule has 0 atom stereocenters. The monoisotopic (exact) mass is 243 g/mol. The molecule has 0 amide bonds. The quantitative estimate of drug-likeness (QED) is 0.483. The van der Waals surface area contributed by atoms with Gasteiger partial charge >= 0.3 is 11.0 Å². The lowest BCUT2D eigenvalue weighted by atomic mass is 10.1. The van der Waals surface area contributed by atoms with Crippen molar-refractivity contribution >= 4 is 22.3 Å². The number of aromatic nitrogens is 2. The minimum Gasteiger partial charge on any atom is -0.428 e. The fourth-order valence-corrected chi connectivity index (χ4v) is 2.03. The summed E-state index contributed by atoms with van der Waals surface area (Å²) in [6.45, 7) is 3.42. The minimum absolute atomic E-state index is 0.205. The van der Waals surface area contributed by atoms with Gasteiger partial charge in [0.2, 0.25) is 5.58 Å². The van der Waals surface area contributed by atoms with Crippen LogP contribution in [0, 0.1) is 18.8 Å². The third-order valence-electron chi connectivity index (χ3n) is 3.20. The van der Waals surface area contributed by atoms with E-state index in [0.29, 0.717) is 27.7 Å². The highest BCUT2D eigenvalue weighted by Crippen LogP contribution is 2.17. The number of fused-ring (bicyclic) bond motifs is 2. The van der Waals surface area contributed by atoms with Gasteiger partial charge in [-0.05, 0) is 19.9 Å². The Morgan fingerprint density at radius 1 is 1.17 bits per heavy atom. The molecule has 90 valence electrons. The molecule has 1 N–H and O–H groups in total. The molecule has 2 aromatic heterocycles. The number of rotatable bonds is 0. The molecule has 18 heavy (non-hydrogen) atoms. The third kappa shape index (κ3) is 1.30. The van der Waals surface area contributed by atoms with E-state index in [1.54, 1.807) is 38.1 Å². The average molecular weight is 243 g/mol. The summed E-state index contributed by atoms with van der Waals surface area (Å²) in [5.41, 5.74) is 2.39. The molecule has 0 saturated heterocycles. The lowest BCUT2D eigenvalue weighted by Crippen LogP contribution is -2.22. The van der Waals surface area contributed by atoms with Crippen LogP contribution in [-0.2, 0) is 0 Å². The average Bonchev–Trinajstić information content (AvgIpc) is 2.36. The minimum atomic E-state index is -0.237. The molecule has 5 nitrogen and oxygen atoms in total. The topological polar surface area (TPSA) is 69.0 Å². The van der Waals surface area contributed by atoms with Gasteiger partial charge in [-0.3, -0.25) is 9.78 Å². The van der Waals surface area contributed by atoms with E-state index in [2.05, 4.69) is 4.98 Å². The number of hydrogen-bond donors (Lipinski definition) is 1. The van der Waals surface area contributed by atoms with Crippen molar-refractivity contribution in [3.8, 4) is 0 Å². The first kappa shape index (κ1) is 10.7. The lowest BCUT2D eigenvalue weighted by Gasteiger charge is -1.99. The predicted molar refractivity (Wildman–Crippen MR) is 67.2 cm³/mol. The third-order valence-corrected chi connectivity index (χ3v) is 3.20. The zero-order chi connectivity index (χ0) is 12.9. The first-order chi connectivity index (χ1) is 8.59. The van der Waals surface area contributed by atoms with Crippen molar-refractivity contribution in [1.82, 2.24) is 4.98 Å². The van der Waals surface area contributed by atoms with Gasteiger partial charge in [0, 0.05) is 22.1 Å². The Hall–Kier alpha value is -2.43. The molecule has 0 bridgehead atoms. The summed E-state index contributed by atoms with van der Waals surface area (Å²) in [6, 6.07) is 6.92. The predicted octanol–water partition coefficient (Wildman–Crippen LogP) is 1.81. The Morgan fingerprint density at radius 3 is 2.67 bits per heavy atom. The first-order valence-corrected chi connectivity index (χ1v) is 5.57. The Labute approximate surface area is 101 Å². The second kappa shape index (κ2) is 3.53. The fourth-order valence-electron chi connectivity index (χ4n) is 2.03. The Balaban J connectivity index is 2.70. The second-order valence-electron chi connectivity index (χ2n) is 4.25. The summed E-state index contributed by atoms with van der Waals surface area (Å²) >= 11 is 0. The first-order valence-electron chi connectivity index (χ1n) is 5.57. The number of benzene rings is 1. The van der Waals surface area contributed by atoms with E-state index in [9.17, 15) is 9.70 Å². The van der Waals surface area contributed by atoms with Gasteiger partial charge in [-0.1, -0.05) is 12.1 Å². The van der Waals surface area contributed by atoms with Gasteiger partial charge in [0.25, 0.3) is 11.3 Å². The molecule has 0 fully saturated rings. The number of nitrogens with zero attached hydrogens (tertiary/aromatic N) is 1. The molecule has 2 heterocycles. The molecule has 1 aromatic carbocycles. The van der Waals surface area contributed by atoms with Crippen molar-refractivity contribution in [3.05, 3.63) is 50.7 Å². The zero-order valence-electron chi connectivity index (χ0n) is 9.98. The van der Waals surface area contributed by atoms with Crippen molar-refractivity contribution in [3.63, 3.8) is 0 Å². The number of aromatic amines is 1. The summed E-state index contributed by atoms with van der Waals surface area (Å²) in [7, 11) is 0. The Bertz CT molecular complexity index is 890. The summed E-state index contributed by atoms with van der Waals surface area (Å²) in [4.78, 5) is 26.6. The van der Waals surface area contributed by atoms with Crippen LogP contribution in [0.1, 0.15) is 11.1 Å². The summed E-state index contributed by atoms with van der Waals surface area (Å²) < 4.78 is 6.37. The lowest BCUT2D eigenvalue weighted by molar-refractivity contribution is -0.434. The largest absolute Gasteiger partial charge is 0.428 e. The molecule has 0 saturated carbocycles. The van der Waals surface area contributed by atoms with Crippen LogP contribution in [0.15, 0.2) is 33.5 Å². The van der Waals surface area contributed by atoms with Crippen LogP contribution >= 0.6 is 0 Å². The molecule has 0 aliphatic heterocycles. The van der Waals surface area contributed by atoms with Crippen LogP contribution in [0.5, 0.6) is 0 Å². The standard InChI is InChI=1S/C13H10N2O3/c1-7-8(2)12(16)14-13-11(7)15(17)9-5-3-4-6-10(9)18-13/h3-6H,1-2H3/p+1. The molecular weight excluding hydrogens is 232 g/mol. The van der Waals surface area contributed by atoms with E-state index < -0.39 is 0 Å². The van der Waals surface area contributed by atoms with Gasteiger partial charge in [0.15, 0.2) is 0 Å². The van der Waals surface area contributed by atoms with Crippen molar-refractivity contribution in [2.45, 2.75) is 13.8 Å². The van der Waals surface area contributed by atoms with Gasteiger partial charge in [0.1, 0.15) is 0 Å². The second-order valence-corrected chi connectivity index (χ2v) is 4.25. The van der Waals surface area contributed by atoms with E-state index in [1.807, 2.05) is 0 Å². The Morgan fingerprint density at radius 2 is 1.89 bits per heavy atom. The van der Waals surface area contributed by atoms with Crippen molar-refractivity contribution in [1.29, 1.82) is 0 Å². The summed E-state index contributed by atoms with van der Waals surface area (Å²) in [5, 5.41) is 0. The molecule has 0 aliphatic rings. The smallest absolute Gasteiger partial charge is 0.327 e. The maximum atomic E-state index is 12.3. The number of aryl methyl sites for hydroxylation is 1. The summed E-state index contributed by atoms with van der Waals surface area (Å²) in [6.07, 6.45) is 0. The van der Waals surface area contributed by atoms with Gasteiger partial charge in [-0.15, -0.1) is 0 Å². The molecular formula is C13H11N2O3+. The number of hydrogen-bond acceptors (Lipinski definition) is 3. The van der Waals surface area contributed by atoms with Gasteiger partial charge in [-0.25, -0.2) is 0 Å². The number of H-pyrrole nitrogens is 1. The number of pyridine rings is 1. The van der Waals surface area contributed by atoms with Crippen molar-refractivity contribution < 1.29 is 8.84 Å². The van der Waals surface area contributed by atoms with E-state index in [1.165, 1.54) is 0 Å². The molecule has 3 rings (SSSR count). The van der Waals surface area contributed by atoms with E-state index in [-0.39, 0.29) is 11.3 Å². The maximum absolute atomic E-state index is 12.3. The highest BCUT2D eigenvalue weighted by atomic mass is 16.3. The van der Waals surface area contributed by atoms with Crippen molar-refractivity contribution in [2.75, 3.05) is 0 Å². The van der Waals surface area contributed by atoms with Gasteiger partial charge < -0.3 is 4.42 Å². The zero-order valence-corrected chi connectivity index (χ0v) is 9.98. The highest BCUT2D eigenvalue weighted by molar-refractivity contribution is 5.77. The van der Waals surface area contributed by atoms with Crippen LogP contribution < -0.4 is 9.99 Å². The molecule has 0 radical (unpaired) electrons. The normalized spacial score (nSPS) is 11.2. The van der Waals surface area contributed by atoms with Crippen LogP contribution in [0.25, 0.3) is 22.3 Å². The SMILES string of the molecule is Cc1c(C)c2c([nH]c1=O)oc1ccccc1[n+]2=O. The van der Waals surface area contributed by atoms with E-state index >= 15 is 0 Å². The van der Waals surface area contributed by atoms with Crippen LogP contribution in [0.2, 0.25) is 0 Å². The Kier molecular flexibility index (Phi) is 2.10. The van der Waals surface area contributed by atoms with Gasteiger partial charge in [0.05, 0.1) is 4.43 Å². The molecule has 5 heteroatoms. The molecule has 0 aliphatic carbocycles. The number of nitrogens with one attached hydrogen (secondary N) is 1. The maximum Gasteiger partial charge on any atom is 0.327 e. The summed E-state index contributed by atoms with van der Waals surface area (Å²) in [5.74, 6) is 0. The van der Waals surface area contributed by atoms with Crippen molar-refractivity contribution in [2.24, 2.45) is 0 Å².